The second-order valence-corrected chi connectivity index (χ2v) is 14.0. The number of hydrogen-bond donors (Lipinski definition) is 3. The van der Waals surface area contributed by atoms with Crippen molar-refractivity contribution >= 4 is 25.7 Å². The molecule has 0 aliphatic carbocycles. The Bertz CT molecular complexity index is 876. The topological polar surface area (TPSA) is 166 Å². The van der Waals surface area contributed by atoms with Crippen LogP contribution in [-0.2, 0) is 37.5 Å². The van der Waals surface area contributed by atoms with Gasteiger partial charge >= 0.3 is 25.7 Å². The standard InChI is InChI=1S/C32H60NO11P/c1-5-6-7-8-9-10-11-12-13-14-15-16-17-20-31(37)41-26-29(27-43-45(39,40)42-25-24-33(2,3)4)44-32(38)21-18-19-28(34)22-23-30(35)36/h22-23,28-29,34H,5-21,24-27H2,1-4H3,(H-,35,36,39,40)/p+1/b23-22+/t28?,29-/m1/s1. The number of unbranched alkanes of at least 4 members (excludes halogenated alkanes) is 12. The van der Waals surface area contributed by atoms with Crippen LogP contribution in [0.4, 0.5) is 0 Å². The molecular formula is C32H61NO11P+. The molecule has 0 rings (SSSR count). The summed E-state index contributed by atoms with van der Waals surface area (Å²) < 4.78 is 33.5. The maximum absolute atomic E-state index is 12.4. The molecule has 13 heteroatoms. The average Bonchev–Trinajstić information content (AvgIpc) is 2.95. The number of phosphoric ester groups is 1. The van der Waals surface area contributed by atoms with Gasteiger partial charge in [-0.1, -0.05) is 84.0 Å². The number of rotatable bonds is 30. The van der Waals surface area contributed by atoms with Crippen LogP contribution in [-0.4, -0.2) is 97.2 Å². The Balaban J connectivity index is 4.52. The number of carbonyl (C=O) groups excluding carboxylic acids is 2. The quantitative estimate of drug-likeness (QED) is 0.0273. The van der Waals surface area contributed by atoms with Crippen molar-refractivity contribution in [2.45, 2.75) is 128 Å². The van der Waals surface area contributed by atoms with Crippen LogP contribution >= 0.6 is 7.82 Å². The molecule has 12 nitrogen and oxygen atoms in total. The summed E-state index contributed by atoms with van der Waals surface area (Å²) in [6.45, 7) is 1.77. The van der Waals surface area contributed by atoms with E-state index in [0.717, 1.165) is 31.4 Å². The Kier molecular flexibility index (Phi) is 25.2. The van der Waals surface area contributed by atoms with Crippen molar-refractivity contribution in [1.82, 2.24) is 0 Å². The molecule has 0 aliphatic rings. The lowest BCUT2D eigenvalue weighted by atomic mass is 10.0. The number of hydrogen-bond acceptors (Lipinski definition) is 9. The van der Waals surface area contributed by atoms with Gasteiger partial charge < -0.3 is 29.1 Å². The van der Waals surface area contributed by atoms with Gasteiger partial charge in [-0.15, -0.1) is 0 Å². The predicted octanol–water partition coefficient (Wildman–Crippen LogP) is 5.93. The summed E-state index contributed by atoms with van der Waals surface area (Å²) in [5, 5.41) is 18.4. The molecule has 3 atom stereocenters. The molecule has 264 valence electrons. The van der Waals surface area contributed by atoms with Crippen molar-refractivity contribution in [3.63, 3.8) is 0 Å². The molecule has 2 unspecified atom stereocenters. The zero-order chi connectivity index (χ0) is 34.0. The van der Waals surface area contributed by atoms with Crippen LogP contribution in [0.15, 0.2) is 12.2 Å². The number of aliphatic hydroxyl groups is 1. The van der Waals surface area contributed by atoms with Crippen molar-refractivity contribution in [2.75, 3.05) is 47.5 Å². The third kappa shape index (κ3) is 30.6. The Hall–Kier alpha value is -1.82. The molecule has 45 heavy (non-hydrogen) atoms. The summed E-state index contributed by atoms with van der Waals surface area (Å²) in [5.41, 5.74) is 0. The maximum Gasteiger partial charge on any atom is 0.472 e. The number of aliphatic carboxylic acids is 1. The third-order valence-corrected chi connectivity index (χ3v) is 7.98. The number of likely N-dealkylation sites (N-methyl/N-ethyl adjacent to an activating group) is 1. The Morgan fingerprint density at radius 2 is 1.31 bits per heavy atom. The van der Waals surface area contributed by atoms with Crippen molar-refractivity contribution in [3.05, 3.63) is 12.2 Å². The molecule has 0 aromatic rings. The van der Waals surface area contributed by atoms with Gasteiger partial charge in [0.05, 0.1) is 33.9 Å². The summed E-state index contributed by atoms with van der Waals surface area (Å²) in [6.07, 6.45) is 15.6. The van der Waals surface area contributed by atoms with Crippen molar-refractivity contribution < 1.29 is 57.1 Å². The fraction of sp³-hybridized carbons (Fsp3) is 0.844. The van der Waals surface area contributed by atoms with E-state index >= 15 is 0 Å². The molecule has 0 saturated carbocycles. The number of carboxylic acids is 1. The molecule has 0 bridgehead atoms. The molecule has 0 aromatic heterocycles. The molecule has 3 N–H and O–H groups in total. The fourth-order valence-electron chi connectivity index (χ4n) is 4.30. The molecular weight excluding hydrogens is 605 g/mol. The number of esters is 2. The number of aliphatic hydroxyl groups excluding tert-OH is 1. The van der Waals surface area contributed by atoms with Gasteiger partial charge in [-0.25, -0.2) is 9.36 Å². The first-order chi connectivity index (χ1) is 21.2. The first-order valence-electron chi connectivity index (χ1n) is 16.6. The van der Waals surface area contributed by atoms with E-state index in [4.69, 9.17) is 23.6 Å². The van der Waals surface area contributed by atoms with E-state index in [2.05, 4.69) is 6.92 Å². The Morgan fingerprint density at radius 3 is 1.84 bits per heavy atom. The number of carbonyl (C=O) groups is 3. The molecule has 0 saturated heterocycles. The summed E-state index contributed by atoms with van der Waals surface area (Å²) in [4.78, 5) is 45.3. The van der Waals surface area contributed by atoms with E-state index in [1.807, 2.05) is 21.1 Å². The average molecular weight is 667 g/mol. The van der Waals surface area contributed by atoms with Gasteiger partial charge in [0.2, 0.25) is 0 Å². The van der Waals surface area contributed by atoms with Crippen LogP contribution < -0.4 is 0 Å². The van der Waals surface area contributed by atoms with Gasteiger partial charge in [-0.3, -0.25) is 18.6 Å². The van der Waals surface area contributed by atoms with Gasteiger partial charge in [0, 0.05) is 18.9 Å². The van der Waals surface area contributed by atoms with Crippen LogP contribution in [0.1, 0.15) is 116 Å². The maximum atomic E-state index is 12.4. The van der Waals surface area contributed by atoms with Crippen LogP contribution in [0.5, 0.6) is 0 Å². The van der Waals surface area contributed by atoms with Crippen LogP contribution in [0.3, 0.4) is 0 Å². The van der Waals surface area contributed by atoms with E-state index in [1.165, 1.54) is 57.8 Å². The Morgan fingerprint density at radius 1 is 0.778 bits per heavy atom. The lowest BCUT2D eigenvalue weighted by molar-refractivity contribution is -0.870. The lowest BCUT2D eigenvalue weighted by Crippen LogP contribution is -2.37. The van der Waals surface area contributed by atoms with Gasteiger partial charge in [0.1, 0.15) is 19.8 Å². The monoisotopic (exact) mass is 666 g/mol. The first-order valence-corrected chi connectivity index (χ1v) is 18.1. The van der Waals surface area contributed by atoms with Crippen molar-refractivity contribution in [2.24, 2.45) is 0 Å². The molecule has 0 aromatic carbocycles. The normalized spacial score (nSPS) is 14.6. The van der Waals surface area contributed by atoms with Gasteiger partial charge in [-0.05, 0) is 25.3 Å². The number of nitrogens with zero attached hydrogens (tertiary/aromatic N) is 1. The minimum atomic E-state index is -4.45. The highest BCUT2D eigenvalue weighted by Gasteiger charge is 2.27. The number of ether oxygens (including phenoxy) is 2. The summed E-state index contributed by atoms with van der Waals surface area (Å²) in [5.74, 6) is -2.34. The number of phosphoric acid groups is 1. The fourth-order valence-corrected chi connectivity index (χ4v) is 5.04. The minimum absolute atomic E-state index is 0.0332. The van der Waals surface area contributed by atoms with E-state index < -0.39 is 44.5 Å². The SMILES string of the molecule is CCCCCCCCCCCCCCCC(=O)OC[C@H](COP(=O)(O)OCC[N+](C)(C)C)OC(=O)CCCC(O)/C=C/C(=O)O. The van der Waals surface area contributed by atoms with Crippen LogP contribution in [0.25, 0.3) is 0 Å². The highest BCUT2D eigenvalue weighted by molar-refractivity contribution is 7.47. The summed E-state index contributed by atoms with van der Waals surface area (Å²) in [6, 6.07) is 0. The van der Waals surface area contributed by atoms with E-state index in [0.29, 0.717) is 17.4 Å². The molecule has 0 heterocycles. The summed E-state index contributed by atoms with van der Waals surface area (Å²) in [7, 11) is 1.25. The zero-order valence-corrected chi connectivity index (χ0v) is 29.1. The van der Waals surface area contributed by atoms with Crippen LogP contribution in [0, 0.1) is 0 Å². The molecule has 0 spiro atoms. The largest absolute Gasteiger partial charge is 0.478 e. The zero-order valence-electron chi connectivity index (χ0n) is 28.2. The molecule has 0 aliphatic heterocycles. The lowest BCUT2D eigenvalue weighted by Gasteiger charge is -2.24. The third-order valence-electron chi connectivity index (χ3n) is 6.99. The molecule has 0 fully saturated rings. The highest BCUT2D eigenvalue weighted by atomic mass is 31.2. The highest BCUT2D eigenvalue weighted by Crippen LogP contribution is 2.43. The first kappa shape index (κ1) is 43.2. The van der Waals surface area contributed by atoms with Crippen molar-refractivity contribution in [3.8, 4) is 0 Å². The molecule has 0 amide bonds. The van der Waals surface area contributed by atoms with E-state index in [9.17, 15) is 28.9 Å². The van der Waals surface area contributed by atoms with Crippen LogP contribution in [0.2, 0.25) is 0 Å². The minimum Gasteiger partial charge on any atom is -0.478 e. The van der Waals surface area contributed by atoms with Gasteiger partial charge in [-0.2, -0.15) is 0 Å². The van der Waals surface area contributed by atoms with Crippen molar-refractivity contribution in [1.29, 1.82) is 0 Å². The second kappa shape index (κ2) is 26.3. The number of quaternary nitrogens is 1. The van der Waals surface area contributed by atoms with E-state index in [1.54, 1.807) is 0 Å². The molecule has 0 radical (unpaired) electrons. The smallest absolute Gasteiger partial charge is 0.472 e. The summed E-state index contributed by atoms with van der Waals surface area (Å²) >= 11 is 0. The predicted molar refractivity (Wildman–Crippen MR) is 172 cm³/mol. The number of carboxylic acid groups (broad SMARTS) is 1. The van der Waals surface area contributed by atoms with Gasteiger partial charge in [0.25, 0.3) is 0 Å². The van der Waals surface area contributed by atoms with Gasteiger partial charge in [0.15, 0.2) is 6.10 Å². The second-order valence-electron chi connectivity index (χ2n) is 12.6. The Labute approximate surface area is 270 Å². The van der Waals surface area contributed by atoms with E-state index in [-0.39, 0.29) is 38.9 Å².